The van der Waals surface area contributed by atoms with E-state index in [0.29, 0.717) is 21.0 Å². The summed E-state index contributed by atoms with van der Waals surface area (Å²) >= 11 is 14.8. The van der Waals surface area contributed by atoms with E-state index in [1.165, 1.54) is 34.8 Å². The third-order valence-corrected chi connectivity index (χ3v) is 7.93. The maximum Gasteiger partial charge on any atom is 0.242 e. The van der Waals surface area contributed by atoms with Gasteiger partial charge in [0.2, 0.25) is 10.0 Å². The van der Waals surface area contributed by atoms with E-state index < -0.39 is 15.6 Å². The van der Waals surface area contributed by atoms with Crippen LogP contribution in [-0.4, -0.2) is 20.1 Å². The minimum atomic E-state index is -3.94. The molecule has 2 N–H and O–H groups in total. The van der Waals surface area contributed by atoms with Crippen molar-refractivity contribution in [3.05, 3.63) is 72.5 Å². The normalized spacial score (nSPS) is 14.3. The predicted octanol–water partition coefficient (Wildman–Crippen LogP) is 4.64. The Morgan fingerprint density at radius 1 is 1.19 bits per heavy atom. The quantitative estimate of drug-likeness (QED) is 0.578. The summed E-state index contributed by atoms with van der Waals surface area (Å²) in [5, 5.41) is 17.1. The second-order valence-electron chi connectivity index (χ2n) is 5.71. The zero-order valence-corrected chi connectivity index (χ0v) is 17.5. The standard InChI is InChI=1S/C17H15Cl2NO3S3/c1-11-7-15(14(19)8-13(11)18)26(22,23)20-10-17(21,12-4-6-24-9-12)16-3-2-5-25-16/h2-9,20-21H,10H2,1H3. The molecule has 0 amide bonds. The van der Waals surface area contributed by atoms with Crippen molar-refractivity contribution in [2.45, 2.75) is 17.4 Å². The van der Waals surface area contributed by atoms with Gasteiger partial charge in [0.05, 0.1) is 5.02 Å². The van der Waals surface area contributed by atoms with Crippen LogP contribution in [0.25, 0.3) is 0 Å². The van der Waals surface area contributed by atoms with Crippen LogP contribution in [0.3, 0.4) is 0 Å². The van der Waals surface area contributed by atoms with Gasteiger partial charge < -0.3 is 5.11 Å². The molecule has 0 fully saturated rings. The summed E-state index contributed by atoms with van der Waals surface area (Å²) in [6.45, 7) is 1.48. The van der Waals surface area contributed by atoms with Crippen LogP contribution in [0.15, 0.2) is 51.4 Å². The first-order chi connectivity index (χ1) is 12.2. The molecule has 1 atom stereocenters. The van der Waals surface area contributed by atoms with E-state index in [1.807, 2.05) is 16.8 Å². The summed E-state index contributed by atoms with van der Waals surface area (Å²) in [5.74, 6) is 0. The van der Waals surface area contributed by atoms with Gasteiger partial charge in [0.1, 0.15) is 10.5 Å². The predicted molar refractivity (Wildman–Crippen MR) is 108 cm³/mol. The molecule has 0 radical (unpaired) electrons. The SMILES string of the molecule is Cc1cc(S(=O)(=O)NCC(O)(c2ccsc2)c2cccs2)c(Cl)cc1Cl. The molecule has 3 rings (SSSR count). The molecule has 0 bridgehead atoms. The Kier molecular flexibility index (Phi) is 5.79. The van der Waals surface area contributed by atoms with E-state index in [0.717, 1.165) is 0 Å². The van der Waals surface area contributed by atoms with Gasteiger partial charge in [-0.25, -0.2) is 13.1 Å². The molecule has 1 unspecified atom stereocenters. The first-order valence-electron chi connectivity index (χ1n) is 7.48. The highest BCUT2D eigenvalue weighted by Crippen LogP contribution is 2.34. The number of thiophene rings is 2. The van der Waals surface area contributed by atoms with Crippen LogP contribution in [0.5, 0.6) is 0 Å². The van der Waals surface area contributed by atoms with E-state index in [-0.39, 0.29) is 16.5 Å². The minimum absolute atomic E-state index is 0.0308. The van der Waals surface area contributed by atoms with Crippen molar-refractivity contribution < 1.29 is 13.5 Å². The van der Waals surface area contributed by atoms with Crippen molar-refractivity contribution in [2.75, 3.05) is 6.54 Å². The van der Waals surface area contributed by atoms with Crippen LogP contribution in [0.1, 0.15) is 16.0 Å². The Labute approximate surface area is 170 Å². The van der Waals surface area contributed by atoms with E-state index in [4.69, 9.17) is 23.2 Å². The number of hydrogen-bond donors (Lipinski definition) is 2. The highest BCUT2D eigenvalue weighted by molar-refractivity contribution is 7.89. The third-order valence-electron chi connectivity index (χ3n) is 3.95. The first-order valence-corrected chi connectivity index (χ1v) is 11.5. The Morgan fingerprint density at radius 2 is 1.96 bits per heavy atom. The fourth-order valence-electron chi connectivity index (χ4n) is 2.46. The van der Waals surface area contributed by atoms with E-state index >= 15 is 0 Å². The Balaban J connectivity index is 1.94. The fourth-order valence-corrected chi connectivity index (χ4v) is 5.92. The van der Waals surface area contributed by atoms with Gasteiger partial charge in [-0.05, 0) is 52.9 Å². The molecule has 1 aromatic carbocycles. The summed E-state index contributed by atoms with van der Waals surface area (Å²) in [7, 11) is -3.94. The lowest BCUT2D eigenvalue weighted by molar-refractivity contribution is 0.0903. The lowest BCUT2D eigenvalue weighted by Crippen LogP contribution is -2.41. The number of aliphatic hydroxyl groups is 1. The van der Waals surface area contributed by atoms with Crippen LogP contribution in [0.2, 0.25) is 10.0 Å². The lowest BCUT2D eigenvalue weighted by Gasteiger charge is -2.27. The second kappa shape index (κ2) is 7.59. The molecule has 3 aromatic rings. The summed E-state index contributed by atoms with van der Waals surface area (Å²) in [6, 6.07) is 8.18. The van der Waals surface area contributed by atoms with Crippen molar-refractivity contribution in [1.29, 1.82) is 0 Å². The van der Waals surface area contributed by atoms with E-state index in [2.05, 4.69) is 4.72 Å². The highest BCUT2D eigenvalue weighted by atomic mass is 35.5. The average molecular weight is 448 g/mol. The van der Waals surface area contributed by atoms with E-state index in [1.54, 1.807) is 24.4 Å². The maximum absolute atomic E-state index is 12.8. The number of rotatable bonds is 6. The molecule has 0 aliphatic rings. The van der Waals surface area contributed by atoms with Gasteiger partial charge in [0, 0.05) is 22.0 Å². The summed E-state index contributed by atoms with van der Waals surface area (Å²) in [4.78, 5) is 0.580. The van der Waals surface area contributed by atoms with Crippen LogP contribution in [0, 0.1) is 6.92 Å². The Bertz CT molecular complexity index is 966. The molecule has 2 heterocycles. The molecule has 26 heavy (non-hydrogen) atoms. The molecule has 0 saturated heterocycles. The topological polar surface area (TPSA) is 66.4 Å². The monoisotopic (exact) mass is 447 g/mol. The molecule has 138 valence electrons. The number of aryl methyl sites for hydroxylation is 1. The van der Waals surface area contributed by atoms with Gasteiger partial charge in [-0.1, -0.05) is 29.3 Å². The van der Waals surface area contributed by atoms with Crippen molar-refractivity contribution in [2.24, 2.45) is 0 Å². The fraction of sp³-hybridized carbons (Fsp3) is 0.176. The molecule has 2 aromatic heterocycles. The molecule has 0 saturated carbocycles. The van der Waals surface area contributed by atoms with Crippen molar-refractivity contribution in [3.8, 4) is 0 Å². The minimum Gasteiger partial charge on any atom is -0.378 e. The number of sulfonamides is 1. The highest BCUT2D eigenvalue weighted by Gasteiger charge is 2.35. The number of nitrogens with one attached hydrogen (secondary N) is 1. The maximum atomic E-state index is 12.8. The number of halogens is 2. The summed E-state index contributed by atoms with van der Waals surface area (Å²) in [6.07, 6.45) is 0. The first kappa shape index (κ1) is 19.8. The van der Waals surface area contributed by atoms with Crippen molar-refractivity contribution >= 4 is 55.9 Å². The Hall–Kier alpha value is -0.930. The zero-order chi connectivity index (χ0) is 18.9. The van der Waals surface area contributed by atoms with Gasteiger partial charge >= 0.3 is 0 Å². The van der Waals surface area contributed by atoms with Crippen molar-refractivity contribution in [1.82, 2.24) is 4.72 Å². The molecule has 0 aliphatic carbocycles. The summed E-state index contributed by atoms with van der Waals surface area (Å²) in [5.41, 5.74) is -0.233. The Morgan fingerprint density at radius 3 is 2.58 bits per heavy atom. The van der Waals surface area contributed by atoms with Gasteiger partial charge in [0.25, 0.3) is 0 Å². The van der Waals surface area contributed by atoms with Gasteiger partial charge in [-0.2, -0.15) is 11.3 Å². The molecule has 4 nitrogen and oxygen atoms in total. The zero-order valence-electron chi connectivity index (χ0n) is 13.6. The summed E-state index contributed by atoms with van der Waals surface area (Å²) < 4.78 is 28.0. The van der Waals surface area contributed by atoms with Gasteiger partial charge in [-0.15, -0.1) is 11.3 Å². The lowest BCUT2D eigenvalue weighted by atomic mass is 9.95. The molecule has 9 heteroatoms. The average Bonchev–Trinajstić information content (AvgIpc) is 3.29. The number of hydrogen-bond acceptors (Lipinski definition) is 5. The van der Waals surface area contributed by atoms with Crippen LogP contribution < -0.4 is 4.72 Å². The van der Waals surface area contributed by atoms with Crippen LogP contribution >= 0.6 is 45.9 Å². The smallest absolute Gasteiger partial charge is 0.242 e. The largest absolute Gasteiger partial charge is 0.378 e. The number of benzene rings is 1. The molecular weight excluding hydrogens is 433 g/mol. The van der Waals surface area contributed by atoms with Crippen LogP contribution in [0.4, 0.5) is 0 Å². The molecule has 0 spiro atoms. The van der Waals surface area contributed by atoms with E-state index in [9.17, 15) is 13.5 Å². The molecular formula is C17H15Cl2NO3S3. The third kappa shape index (κ3) is 3.84. The van der Waals surface area contributed by atoms with Crippen LogP contribution in [-0.2, 0) is 15.6 Å². The van der Waals surface area contributed by atoms with Gasteiger partial charge in [-0.3, -0.25) is 0 Å². The van der Waals surface area contributed by atoms with Crippen molar-refractivity contribution in [3.63, 3.8) is 0 Å². The molecule has 0 aliphatic heterocycles. The van der Waals surface area contributed by atoms with Gasteiger partial charge in [0.15, 0.2) is 0 Å². The second-order valence-corrected chi connectivity index (χ2v) is 9.98.